The van der Waals surface area contributed by atoms with E-state index in [9.17, 15) is 19.6 Å². The SMILES string of the molecule is CC1C(=O)N(C(=O)N2CCCC2)C1c1nn(C(=O)c2ccoc2)c(SCc2ccc(Cl)s2)c1C#N. The Kier molecular flexibility index (Phi) is 6.44. The minimum Gasteiger partial charge on any atom is -0.472 e. The van der Waals surface area contributed by atoms with Gasteiger partial charge in [0, 0.05) is 23.7 Å². The van der Waals surface area contributed by atoms with Crippen LogP contribution in [0.4, 0.5) is 4.79 Å². The lowest BCUT2D eigenvalue weighted by molar-refractivity contribution is -0.150. The summed E-state index contributed by atoms with van der Waals surface area (Å²) in [4.78, 5) is 42.9. The maximum Gasteiger partial charge on any atom is 0.327 e. The Morgan fingerprint density at radius 2 is 2.09 bits per heavy atom. The Morgan fingerprint density at radius 3 is 2.71 bits per heavy atom. The number of furan rings is 1. The van der Waals surface area contributed by atoms with Gasteiger partial charge in [0.2, 0.25) is 5.91 Å². The Bertz CT molecular complexity index is 1340. The van der Waals surface area contributed by atoms with Gasteiger partial charge in [0.25, 0.3) is 5.91 Å². The zero-order valence-electron chi connectivity index (χ0n) is 18.6. The number of urea groups is 1. The van der Waals surface area contributed by atoms with E-state index in [-0.39, 0.29) is 28.8 Å². The first-order valence-electron chi connectivity index (χ1n) is 11.0. The molecule has 3 amide bonds. The van der Waals surface area contributed by atoms with Gasteiger partial charge in [0.05, 0.1) is 28.1 Å². The number of rotatable bonds is 5. The number of carbonyl (C=O) groups excluding carboxylic acids is 3. The normalized spacial score (nSPS) is 19.6. The number of aromatic nitrogens is 2. The summed E-state index contributed by atoms with van der Waals surface area (Å²) in [6.07, 6.45) is 4.46. The quantitative estimate of drug-likeness (QED) is 0.345. The molecule has 0 aliphatic carbocycles. The van der Waals surface area contributed by atoms with Crippen LogP contribution in [0.1, 0.15) is 52.3 Å². The molecule has 2 fully saturated rings. The van der Waals surface area contributed by atoms with Gasteiger partial charge in [-0.2, -0.15) is 15.0 Å². The second-order valence-corrected chi connectivity index (χ2v) is 11.1. The van der Waals surface area contributed by atoms with Gasteiger partial charge in [-0.25, -0.2) is 4.79 Å². The molecule has 0 N–H and O–H groups in total. The Labute approximate surface area is 214 Å². The molecule has 2 atom stereocenters. The highest BCUT2D eigenvalue weighted by Crippen LogP contribution is 2.44. The van der Waals surface area contributed by atoms with E-state index in [2.05, 4.69) is 11.2 Å². The van der Waals surface area contributed by atoms with E-state index in [4.69, 9.17) is 16.0 Å². The molecule has 35 heavy (non-hydrogen) atoms. The average Bonchev–Trinajstić information content (AvgIpc) is 3.66. The predicted octanol–water partition coefficient (Wildman–Crippen LogP) is 4.78. The van der Waals surface area contributed by atoms with Crippen LogP contribution in [-0.2, 0) is 10.5 Å². The van der Waals surface area contributed by atoms with E-state index in [1.807, 2.05) is 6.07 Å². The molecule has 3 aromatic heterocycles. The molecule has 2 aliphatic rings. The molecule has 5 rings (SSSR count). The fourth-order valence-corrected chi connectivity index (χ4v) is 6.56. The number of nitrogens with zero attached hydrogens (tertiary/aromatic N) is 5. The van der Waals surface area contributed by atoms with E-state index in [1.165, 1.54) is 51.3 Å². The van der Waals surface area contributed by atoms with Gasteiger partial charge in [-0.05, 0) is 31.0 Å². The molecule has 2 saturated heterocycles. The maximum absolute atomic E-state index is 13.3. The Hall–Kier alpha value is -3.07. The number of nitriles is 1. The van der Waals surface area contributed by atoms with Crippen molar-refractivity contribution in [1.29, 1.82) is 5.26 Å². The minimum atomic E-state index is -0.723. The third kappa shape index (κ3) is 4.16. The van der Waals surface area contributed by atoms with Crippen molar-refractivity contribution in [2.24, 2.45) is 5.92 Å². The zero-order valence-corrected chi connectivity index (χ0v) is 21.0. The maximum atomic E-state index is 13.3. The highest BCUT2D eigenvalue weighted by atomic mass is 35.5. The first-order valence-corrected chi connectivity index (χ1v) is 13.2. The smallest absolute Gasteiger partial charge is 0.327 e. The molecule has 0 aromatic carbocycles. The van der Waals surface area contributed by atoms with Gasteiger partial charge in [0.1, 0.15) is 28.6 Å². The monoisotopic (exact) mass is 529 g/mol. The third-order valence-electron chi connectivity index (χ3n) is 6.16. The predicted molar refractivity (Wildman–Crippen MR) is 129 cm³/mol. The lowest BCUT2D eigenvalue weighted by Crippen LogP contribution is -2.59. The molecule has 0 bridgehead atoms. The summed E-state index contributed by atoms with van der Waals surface area (Å²) in [7, 11) is 0. The van der Waals surface area contributed by atoms with Gasteiger partial charge >= 0.3 is 6.03 Å². The largest absolute Gasteiger partial charge is 0.472 e. The van der Waals surface area contributed by atoms with Crippen LogP contribution >= 0.6 is 34.7 Å². The number of hydrogen-bond acceptors (Lipinski definition) is 8. The molecule has 9 nitrogen and oxygen atoms in total. The second kappa shape index (κ2) is 9.53. The van der Waals surface area contributed by atoms with Crippen molar-refractivity contribution >= 4 is 52.5 Å². The summed E-state index contributed by atoms with van der Waals surface area (Å²) in [6, 6.07) is 6.26. The van der Waals surface area contributed by atoms with E-state index >= 15 is 0 Å². The van der Waals surface area contributed by atoms with Gasteiger partial charge in [-0.3, -0.25) is 14.5 Å². The van der Waals surface area contributed by atoms with E-state index < -0.39 is 17.9 Å². The van der Waals surface area contributed by atoms with Crippen molar-refractivity contribution in [2.75, 3.05) is 13.1 Å². The van der Waals surface area contributed by atoms with Crippen molar-refractivity contribution in [2.45, 2.75) is 36.6 Å². The van der Waals surface area contributed by atoms with Gasteiger partial charge in [-0.15, -0.1) is 11.3 Å². The highest BCUT2D eigenvalue weighted by Gasteiger charge is 2.53. The summed E-state index contributed by atoms with van der Waals surface area (Å²) < 4.78 is 6.87. The van der Waals surface area contributed by atoms with Crippen molar-refractivity contribution in [3.63, 3.8) is 0 Å². The lowest BCUT2D eigenvalue weighted by atomic mass is 9.85. The molecule has 2 aliphatic heterocycles. The van der Waals surface area contributed by atoms with Crippen LogP contribution in [0.2, 0.25) is 4.34 Å². The van der Waals surface area contributed by atoms with Crippen molar-refractivity contribution in [3.8, 4) is 6.07 Å². The van der Waals surface area contributed by atoms with Gasteiger partial charge in [0.15, 0.2) is 0 Å². The molecule has 0 spiro atoms. The van der Waals surface area contributed by atoms with Crippen LogP contribution < -0.4 is 0 Å². The van der Waals surface area contributed by atoms with Gasteiger partial charge in [-0.1, -0.05) is 30.3 Å². The van der Waals surface area contributed by atoms with Crippen LogP contribution in [0.5, 0.6) is 0 Å². The minimum absolute atomic E-state index is 0.179. The summed E-state index contributed by atoms with van der Waals surface area (Å²) in [5.41, 5.74) is 0.695. The second-order valence-electron chi connectivity index (χ2n) is 8.32. The molecular formula is C23H20ClN5O4S2. The number of thiophene rings is 1. The Balaban J connectivity index is 1.55. The van der Waals surface area contributed by atoms with E-state index in [1.54, 1.807) is 17.9 Å². The first-order chi connectivity index (χ1) is 16.9. The van der Waals surface area contributed by atoms with E-state index in [0.717, 1.165) is 17.7 Å². The number of carbonyl (C=O) groups is 3. The number of halogens is 1. The molecule has 5 heterocycles. The number of hydrogen-bond donors (Lipinski definition) is 0. The molecule has 3 aromatic rings. The number of likely N-dealkylation sites (tertiary alicyclic amines) is 2. The summed E-state index contributed by atoms with van der Waals surface area (Å²) >= 11 is 8.74. The van der Waals surface area contributed by atoms with Gasteiger partial charge < -0.3 is 9.32 Å². The summed E-state index contributed by atoms with van der Waals surface area (Å²) in [5, 5.41) is 15.0. The third-order valence-corrected chi connectivity index (χ3v) is 8.68. The fourth-order valence-electron chi connectivity index (χ4n) is 4.35. The lowest BCUT2D eigenvalue weighted by Gasteiger charge is -2.44. The molecule has 180 valence electrons. The summed E-state index contributed by atoms with van der Waals surface area (Å²) in [5.74, 6) is -0.862. The van der Waals surface area contributed by atoms with E-state index in [0.29, 0.717) is 28.2 Å². The molecule has 0 saturated carbocycles. The molecule has 12 heteroatoms. The average molecular weight is 530 g/mol. The summed E-state index contributed by atoms with van der Waals surface area (Å²) in [6.45, 7) is 2.89. The topological polar surface area (TPSA) is 112 Å². The number of thioether (sulfide) groups is 1. The molecule has 0 radical (unpaired) electrons. The van der Waals surface area contributed by atoms with Crippen LogP contribution in [0.15, 0.2) is 40.2 Å². The van der Waals surface area contributed by atoms with Crippen molar-refractivity contribution in [1.82, 2.24) is 19.6 Å². The van der Waals surface area contributed by atoms with Crippen LogP contribution in [0.3, 0.4) is 0 Å². The molecule has 2 unspecified atom stereocenters. The Morgan fingerprint density at radius 1 is 1.31 bits per heavy atom. The number of imide groups is 1. The highest BCUT2D eigenvalue weighted by molar-refractivity contribution is 7.98. The zero-order chi connectivity index (χ0) is 24.7. The standard InChI is InChI=1S/C23H20ClN5O4S2/c1-13-19(28(20(13)30)23(32)27-7-2-3-8-27)18-16(10-25)22(34-12-15-4-5-17(24)35-15)29(26-18)21(31)14-6-9-33-11-14/h4-6,9,11,13,19H,2-3,7-8,12H2,1H3. The fraction of sp³-hybridized carbons (Fsp3) is 0.348. The van der Waals surface area contributed by atoms with Crippen LogP contribution in [-0.4, -0.2) is 50.5 Å². The van der Waals surface area contributed by atoms with Crippen molar-refractivity contribution < 1.29 is 18.8 Å². The van der Waals surface area contributed by atoms with Crippen LogP contribution in [0.25, 0.3) is 0 Å². The van der Waals surface area contributed by atoms with Crippen molar-refractivity contribution in [3.05, 3.63) is 56.8 Å². The number of amides is 3. The first kappa shape index (κ1) is 23.7. The number of β-lactam (4-membered cyclic amide) rings is 1. The van der Waals surface area contributed by atoms with Crippen LogP contribution in [0, 0.1) is 17.2 Å². The molecular weight excluding hydrogens is 510 g/mol.